The van der Waals surface area contributed by atoms with Gasteiger partial charge in [-0.3, -0.25) is 4.79 Å². The molecule has 0 aliphatic heterocycles. The number of nitrogens with zero attached hydrogens (tertiary/aromatic N) is 5. The van der Waals surface area contributed by atoms with Crippen LogP contribution in [0.3, 0.4) is 0 Å². The van der Waals surface area contributed by atoms with Crippen molar-refractivity contribution in [3.05, 3.63) is 70.7 Å². The van der Waals surface area contributed by atoms with E-state index in [0.717, 1.165) is 6.07 Å². The Hall–Kier alpha value is -3.34. The zero-order valence-electron chi connectivity index (χ0n) is 14.4. The molecule has 0 saturated carbocycles. The van der Waals surface area contributed by atoms with Crippen LogP contribution in [0, 0.1) is 0 Å². The Morgan fingerprint density at radius 1 is 1.07 bits per heavy atom. The number of halogens is 4. The van der Waals surface area contributed by atoms with Gasteiger partial charge in [-0.1, -0.05) is 30.3 Å². The minimum absolute atomic E-state index is 0.0689. The lowest BCUT2D eigenvalue weighted by molar-refractivity contribution is -0.142. The van der Waals surface area contributed by atoms with Gasteiger partial charge in [0.1, 0.15) is 5.82 Å². The van der Waals surface area contributed by atoms with Gasteiger partial charge in [0.2, 0.25) is 5.82 Å². The number of carbonyl (C=O) groups excluding carboxylic acids is 1. The molecule has 1 aromatic carbocycles. The van der Waals surface area contributed by atoms with Crippen LogP contribution < -0.4 is 5.32 Å². The fourth-order valence-electron chi connectivity index (χ4n) is 2.55. The number of carbonyl (C=O) groups is 1. The standard InChI is InChI=1S/C18H10BrF3N6O/c19-11-6-7-14(23-9-11)25-16(29)15-26-17-24-12(10-4-2-1-3-5-10)8-13(18(20,21)22)28(17)27-15/h1-9H,(H,23,25,29). The van der Waals surface area contributed by atoms with E-state index < -0.39 is 23.6 Å². The summed E-state index contributed by atoms with van der Waals surface area (Å²) in [5.74, 6) is -1.41. The van der Waals surface area contributed by atoms with Gasteiger partial charge in [0, 0.05) is 16.2 Å². The summed E-state index contributed by atoms with van der Waals surface area (Å²) in [6.45, 7) is 0. The molecule has 0 radical (unpaired) electrons. The lowest BCUT2D eigenvalue weighted by Gasteiger charge is -2.10. The van der Waals surface area contributed by atoms with Crippen LogP contribution in [0.5, 0.6) is 0 Å². The lowest BCUT2D eigenvalue weighted by atomic mass is 10.1. The fourth-order valence-corrected chi connectivity index (χ4v) is 2.78. The Morgan fingerprint density at radius 3 is 2.48 bits per heavy atom. The third-order valence-corrected chi connectivity index (χ3v) is 4.31. The number of benzene rings is 1. The number of anilines is 1. The molecule has 146 valence electrons. The molecule has 0 aliphatic carbocycles. The minimum Gasteiger partial charge on any atom is -0.304 e. The van der Waals surface area contributed by atoms with Crippen LogP contribution in [-0.4, -0.2) is 30.5 Å². The Morgan fingerprint density at radius 2 is 1.83 bits per heavy atom. The van der Waals surface area contributed by atoms with Crippen molar-refractivity contribution in [2.24, 2.45) is 0 Å². The fraction of sp³-hybridized carbons (Fsp3) is 0.0556. The van der Waals surface area contributed by atoms with E-state index in [9.17, 15) is 18.0 Å². The van der Waals surface area contributed by atoms with E-state index in [4.69, 9.17) is 0 Å². The van der Waals surface area contributed by atoms with Crippen molar-refractivity contribution in [3.8, 4) is 11.3 Å². The average Bonchev–Trinajstić information content (AvgIpc) is 3.13. The normalized spacial score (nSPS) is 11.6. The zero-order chi connectivity index (χ0) is 20.6. The molecule has 4 aromatic rings. The highest BCUT2D eigenvalue weighted by atomic mass is 79.9. The summed E-state index contributed by atoms with van der Waals surface area (Å²) in [5, 5.41) is 6.13. The van der Waals surface area contributed by atoms with E-state index in [1.54, 1.807) is 36.4 Å². The molecular formula is C18H10BrF3N6O. The maximum Gasteiger partial charge on any atom is 0.433 e. The molecule has 3 aromatic heterocycles. The van der Waals surface area contributed by atoms with Gasteiger partial charge in [0.25, 0.3) is 11.7 Å². The summed E-state index contributed by atoms with van der Waals surface area (Å²) >= 11 is 3.21. The summed E-state index contributed by atoms with van der Waals surface area (Å²) in [6.07, 6.45) is -3.26. The number of fused-ring (bicyclic) bond motifs is 1. The van der Waals surface area contributed by atoms with Crippen LogP contribution in [0.25, 0.3) is 17.0 Å². The predicted molar refractivity (Wildman–Crippen MR) is 101 cm³/mol. The number of hydrogen-bond acceptors (Lipinski definition) is 5. The minimum atomic E-state index is -4.72. The molecule has 29 heavy (non-hydrogen) atoms. The zero-order valence-corrected chi connectivity index (χ0v) is 15.9. The molecule has 1 amide bonds. The van der Waals surface area contributed by atoms with Crippen molar-refractivity contribution in [1.82, 2.24) is 24.6 Å². The highest BCUT2D eigenvalue weighted by molar-refractivity contribution is 9.10. The Bertz CT molecular complexity index is 1190. The number of aromatic nitrogens is 5. The molecule has 4 rings (SSSR count). The largest absolute Gasteiger partial charge is 0.433 e. The molecule has 0 spiro atoms. The molecular weight excluding hydrogens is 453 g/mol. The smallest absolute Gasteiger partial charge is 0.304 e. The second-order valence-corrected chi connectivity index (χ2v) is 6.77. The molecule has 0 unspecified atom stereocenters. The number of hydrogen-bond donors (Lipinski definition) is 1. The third-order valence-electron chi connectivity index (χ3n) is 3.84. The van der Waals surface area contributed by atoms with E-state index >= 15 is 0 Å². The van der Waals surface area contributed by atoms with Crippen LogP contribution in [0.1, 0.15) is 16.3 Å². The molecule has 0 aliphatic rings. The molecule has 0 bridgehead atoms. The first-order chi connectivity index (χ1) is 13.8. The maximum absolute atomic E-state index is 13.6. The number of rotatable bonds is 3. The maximum atomic E-state index is 13.6. The molecule has 7 nitrogen and oxygen atoms in total. The Labute approximate surface area is 169 Å². The highest BCUT2D eigenvalue weighted by Gasteiger charge is 2.36. The molecule has 3 heterocycles. The van der Waals surface area contributed by atoms with Crippen molar-refractivity contribution < 1.29 is 18.0 Å². The van der Waals surface area contributed by atoms with E-state index in [1.807, 2.05) is 0 Å². The quantitative estimate of drug-likeness (QED) is 0.492. The van der Waals surface area contributed by atoms with Gasteiger partial charge in [-0.05, 0) is 34.1 Å². The van der Waals surface area contributed by atoms with Gasteiger partial charge >= 0.3 is 6.18 Å². The summed E-state index contributed by atoms with van der Waals surface area (Å²) in [5.41, 5.74) is -0.539. The van der Waals surface area contributed by atoms with Crippen LogP contribution in [-0.2, 0) is 6.18 Å². The Kier molecular flexibility index (Phi) is 4.74. The van der Waals surface area contributed by atoms with Crippen molar-refractivity contribution in [3.63, 3.8) is 0 Å². The lowest BCUT2D eigenvalue weighted by Crippen LogP contribution is -2.16. The molecule has 0 atom stereocenters. The molecule has 0 saturated heterocycles. The van der Waals surface area contributed by atoms with Gasteiger partial charge in [-0.25, -0.2) is 9.97 Å². The van der Waals surface area contributed by atoms with Gasteiger partial charge in [-0.2, -0.15) is 22.7 Å². The first-order valence-corrected chi connectivity index (χ1v) is 8.94. The van der Waals surface area contributed by atoms with Gasteiger partial charge in [-0.15, -0.1) is 5.10 Å². The van der Waals surface area contributed by atoms with Crippen LogP contribution in [0.2, 0.25) is 0 Å². The topological polar surface area (TPSA) is 85.1 Å². The highest BCUT2D eigenvalue weighted by Crippen LogP contribution is 2.31. The van der Waals surface area contributed by atoms with Crippen molar-refractivity contribution >= 4 is 33.4 Å². The van der Waals surface area contributed by atoms with Crippen molar-refractivity contribution in [1.29, 1.82) is 0 Å². The van der Waals surface area contributed by atoms with Crippen LogP contribution >= 0.6 is 15.9 Å². The summed E-state index contributed by atoms with van der Waals surface area (Å²) in [7, 11) is 0. The van der Waals surface area contributed by atoms with E-state index in [0.29, 0.717) is 14.6 Å². The molecule has 1 N–H and O–H groups in total. The van der Waals surface area contributed by atoms with E-state index in [1.165, 1.54) is 12.3 Å². The monoisotopic (exact) mass is 462 g/mol. The summed E-state index contributed by atoms with van der Waals surface area (Å²) in [4.78, 5) is 24.4. The van der Waals surface area contributed by atoms with Crippen LogP contribution in [0.15, 0.2) is 59.2 Å². The van der Waals surface area contributed by atoms with E-state index in [2.05, 4.69) is 41.3 Å². The van der Waals surface area contributed by atoms with E-state index in [-0.39, 0.29) is 17.3 Å². The van der Waals surface area contributed by atoms with Gasteiger partial charge < -0.3 is 5.32 Å². The second-order valence-electron chi connectivity index (χ2n) is 5.85. The van der Waals surface area contributed by atoms with Crippen molar-refractivity contribution in [2.45, 2.75) is 6.18 Å². The number of alkyl halides is 3. The van der Waals surface area contributed by atoms with Gasteiger partial charge in [0.15, 0.2) is 5.69 Å². The third kappa shape index (κ3) is 3.94. The average molecular weight is 463 g/mol. The molecule has 11 heteroatoms. The number of amides is 1. The van der Waals surface area contributed by atoms with Crippen LogP contribution in [0.4, 0.5) is 19.0 Å². The number of nitrogens with one attached hydrogen (secondary N) is 1. The Balaban J connectivity index is 1.77. The SMILES string of the molecule is O=C(Nc1ccc(Br)cn1)c1nc2nc(-c3ccccc3)cc(C(F)(F)F)n2n1. The molecule has 0 fully saturated rings. The first kappa shape index (κ1) is 19.0. The second kappa shape index (κ2) is 7.24. The number of pyridine rings is 1. The van der Waals surface area contributed by atoms with Gasteiger partial charge in [0.05, 0.1) is 5.69 Å². The van der Waals surface area contributed by atoms with Crippen molar-refractivity contribution in [2.75, 3.05) is 5.32 Å². The summed E-state index contributed by atoms with van der Waals surface area (Å²) in [6, 6.07) is 12.4. The first-order valence-electron chi connectivity index (χ1n) is 8.14. The predicted octanol–water partition coefficient (Wildman–Crippen LogP) is 4.22. The summed E-state index contributed by atoms with van der Waals surface area (Å²) < 4.78 is 41.9.